The lowest BCUT2D eigenvalue weighted by Gasteiger charge is -2.36. The summed E-state index contributed by atoms with van der Waals surface area (Å²) in [5.41, 5.74) is 0.668. The number of carbonyl (C=O) groups excluding carboxylic acids is 1. The minimum Gasteiger partial charge on any atom is -0.317 e. The van der Waals surface area contributed by atoms with Crippen molar-refractivity contribution in [1.82, 2.24) is 10.2 Å². The van der Waals surface area contributed by atoms with Crippen LogP contribution in [0.1, 0.15) is 12.8 Å². The van der Waals surface area contributed by atoms with Gasteiger partial charge in [0, 0.05) is 25.3 Å². The van der Waals surface area contributed by atoms with E-state index in [4.69, 9.17) is 0 Å². The van der Waals surface area contributed by atoms with Crippen molar-refractivity contribution >= 4 is 11.6 Å². The number of piperidine rings is 1. The first-order chi connectivity index (χ1) is 10.2. The Labute approximate surface area is 124 Å². The number of hydrogen-bond acceptors (Lipinski definition) is 3. The molecule has 3 rings (SSSR count). The van der Waals surface area contributed by atoms with Crippen LogP contribution in [-0.4, -0.2) is 50.1 Å². The van der Waals surface area contributed by atoms with E-state index < -0.39 is 0 Å². The summed E-state index contributed by atoms with van der Waals surface area (Å²) in [5, 5.41) is 3.37. The van der Waals surface area contributed by atoms with Crippen LogP contribution in [0.15, 0.2) is 24.3 Å². The van der Waals surface area contributed by atoms with Gasteiger partial charge in [0.05, 0.1) is 6.54 Å². The van der Waals surface area contributed by atoms with Crippen molar-refractivity contribution in [2.24, 2.45) is 5.92 Å². The topological polar surface area (TPSA) is 35.6 Å². The molecule has 4 nitrogen and oxygen atoms in total. The Bertz CT molecular complexity index is 502. The fourth-order valence-corrected chi connectivity index (χ4v) is 3.22. The molecule has 2 aliphatic rings. The fraction of sp³-hybridized carbons (Fsp3) is 0.562. The highest BCUT2D eigenvalue weighted by Gasteiger charge is 2.27. The number of rotatable bonds is 3. The molecule has 5 heteroatoms. The maximum Gasteiger partial charge on any atom is 0.241 e. The van der Waals surface area contributed by atoms with E-state index in [0.29, 0.717) is 24.7 Å². The van der Waals surface area contributed by atoms with Crippen molar-refractivity contribution in [3.05, 3.63) is 30.1 Å². The van der Waals surface area contributed by atoms with E-state index >= 15 is 0 Å². The van der Waals surface area contributed by atoms with Crippen LogP contribution in [0.25, 0.3) is 0 Å². The van der Waals surface area contributed by atoms with Crippen molar-refractivity contribution in [3.8, 4) is 0 Å². The summed E-state index contributed by atoms with van der Waals surface area (Å²) in [6.45, 7) is 5.13. The first-order valence-corrected chi connectivity index (χ1v) is 7.71. The van der Waals surface area contributed by atoms with Crippen molar-refractivity contribution in [3.63, 3.8) is 0 Å². The van der Waals surface area contributed by atoms with Gasteiger partial charge in [-0.2, -0.15) is 0 Å². The van der Waals surface area contributed by atoms with Crippen LogP contribution in [0.4, 0.5) is 10.1 Å². The molecule has 0 saturated carbocycles. The Hall–Kier alpha value is -1.46. The number of hydrogen-bond donors (Lipinski definition) is 1. The van der Waals surface area contributed by atoms with Crippen molar-refractivity contribution in [2.75, 3.05) is 44.2 Å². The SMILES string of the molecule is O=C1CN(CC2CCNCC2)CCN1c1cccc(F)c1. The molecule has 1 N–H and O–H groups in total. The van der Waals surface area contributed by atoms with E-state index in [0.717, 1.165) is 26.2 Å². The number of anilines is 1. The predicted octanol–water partition coefficient (Wildman–Crippen LogP) is 1.47. The second kappa shape index (κ2) is 6.54. The summed E-state index contributed by atoms with van der Waals surface area (Å²) in [5.74, 6) is 0.470. The Morgan fingerprint density at radius 1 is 1.24 bits per heavy atom. The van der Waals surface area contributed by atoms with E-state index in [1.165, 1.54) is 25.0 Å². The van der Waals surface area contributed by atoms with E-state index in [1.54, 1.807) is 17.0 Å². The number of piperazine rings is 1. The number of amides is 1. The highest BCUT2D eigenvalue weighted by atomic mass is 19.1. The number of nitrogens with one attached hydrogen (secondary N) is 1. The van der Waals surface area contributed by atoms with Gasteiger partial charge in [-0.05, 0) is 50.0 Å². The summed E-state index contributed by atoms with van der Waals surface area (Å²) >= 11 is 0. The summed E-state index contributed by atoms with van der Waals surface area (Å²) in [7, 11) is 0. The van der Waals surface area contributed by atoms with Crippen LogP contribution in [0.3, 0.4) is 0 Å². The van der Waals surface area contributed by atoms with E-state index in [2.05, 4.69) is 10.2 Å². The highest BCUT2D eigenvalue weighted by molar-refractivity contribution is 5.95. The summed E-state index contributed by atoms with van der Waals surface area (Å²) in [6.07, 6.45) is 2.39. The molecule has 0 radical (unpaired) electrons. The van der Waals surface area contributed by atoms with Crippen LogP contribution < -0.4 is 10.2 Å². The molecule has 1 amide bonds. The lowest BCUT2D eigenvalue weighted by atomic mass is 9.97. The van der Waals surface area contributed by atoms with Crippen LogP contribution in [0.5, 0.6) is 0 Å². The molecule has 1 aromatic rings. The first kappa shape index (κ1) is 14.5. The van der Waals surface area contributed by atoms with Gasteiger partial charge in [-0.3, -0.25) is 9.69 Å². The number of benzene rings is 1. The summed E-state index contributed by atoms with van der Waals surface area (Å²) in [4.78, 5) is 16.2. The molecule has 1 aromatic carbocycles. The standard InChI is InChI=1S/C16H22FN3O/c17-14-2-1-3-15(10-14)20-9-8-19(12-16(20)21)11-13-4-6-18-7-5-13/h1-3,10,13,18H,4-9,11-12H2. The van der Waals surface area contributed by atoms with Crippen LogP contribution in [0.2, 0.25) is 0 Å². The number of nitrogens with zero attached hydrogens (tertiary/aromatic N) is 2. The monoisotopic (exact) mass is 291 g/mol. The van der Waals surface area contributed by atoms with Crippen LogP contribution in [-0.2, 0) is 4.79 Å². The molecule has 0 atom stereocenters. The quantitative estimate of drug-likeness (QED) is 0.916. The minimum atomic E-state index is -0.294. The van der Waals surface area contributed by atoms with Crippen molar-refractivity contribution < 1.29 is 9.18 Å². The highest BCUT2D eigenvalue weighted by Crippen LogP contribution is 2.20. The van der Waals surface area contributed by atoms with Gasteiger partial charge in [-0.25, -0.2) is 4.39 Å². The van der Waals surface area contributed by atoms with E-state index in [1.807, 2.05) is 0 Å². The molecular formula is C16H22FN3O. The second-order valence-corrected chi connectivity index (χ2v) is 5.95. The molecule has 0 spiro atoms. The van der Waals surface area contributed by atoms with E-state index in [-0.39, 0.29) is 11.7 Å². The first-order valence-electron chi connectivity index (χ1n) is 7.71. The van der Waals surface area contributed by atoms with Gasteiger partial charge in [-0.15, -0.1) is 0 Å². The zero-order valence-electron chi connectivity index (χ0n) is 12.2. The third kappa shape index (κ3) is 3.60. The smallest absolute Gasteiger partial charge is 0.241 e. The van der Waals surface area contributed by atoms with Crippen LogP contribution >= 0.6 is 0 Å². The van der Waals surface area contributed by atoms with Gasteiger partial charge < -0.3 is 10.2 Å². The predicted molar refractivity (Wildman–Crippen MR) is 80.8 cm³/mol. The van der Waals surface area contributed by atoms with Crippen LogP contribution in [0, 0.1) is 11.7 Å². The molecule has 0 unspecified atom stereocenters. The molecule has 0 bridgehead atoms. The van der Waals surface area contributed by atoms with Gasteiger partial charge in [0.25, 0.3) is 0 Å². The Balaban J connectivity index is 1.57. The Kier molecular flexibility index (Phi) is 4.51. The third-order valence-electron chi connectivity index (χ3n) is 4.39. The Morgan fingerprint density at radius 2 is 2.05 bits per heavy atom. The average Bonchev–Trinajstić information content (AvgIpc) is 2.48. The number of halogens is 1. The average molecular weight is 291 g/mol. The zero-order valence-corrected chi connectivity index (χ0v) is 12.2. The zero-order chi connectivity index (χ0) is 14.7. The minimum absolute atomic E-state index is 0.0702. The van der Waals surface area contributed by atoms with Gasteiger partial charge in [0.15, 0.2) is 0 Å². The van der Waals surface area contributed by atoms with Crippen molar-refractivity contribution in [1.29, 1.82) is 0 Å². The lowest BCUT2D eigenvalue weighted by molar-refractivity contribution is -0.121. The van der Waals surface area contributed by atoms with Gasteiger partial charge >= 0.3 is 0 Å². The Morgan fingerprint density at radius 3 is 2.76 bits per heavy atom. The molecule has 2 fully saturated rings. The third-order valence-corrected chi connectivity index (χ3v) is 4.39. The molecular weight excluding hydrogens is 269 g/mol. The molecule has 114 valence electrons. The van der Waals surface area contributed by atoms with Gasteiger partial charge in [0.1, 0.15) is 5.82 Å². The molecule has 21 heavy (non-hydrogen) atoms. The van der Waals surface area contributed by atoms with Gasteiger partial charge in [0.2, 0.25) is 5.91 Å². The normalized spacial score (nSPS) is 21.8. The molecule has 2 aliphatic heterocycles. The lowest BCUT2D eigenvalue weighted by Crippen LogP contribution is -2.52. The fourth-order valence-electron chi connectivity index (χ4n) is 3.22. The van der Waals surface area contributed by atoms with E-state index in [9.17, 15) is 9.18 Å². The van der Waals surface area contributed by atoms with Gasteiger partial charge in [-0.1, -0.05) is 6.07 Å². The molecule has 0 aliphatic carbocycles. The van der Waals surface area contributed by atoms with Crippen molar-refractivity contribution in [2.45, 2.75) is 12.8 Å². The molecule has 2 heterocycles. The second-order valence-electron chi connectivity index (χ2n) is 5.95. The summed E-state index contributed by atoms with van der Waals surface area (Å²) < 4.78 is 13.3. The maximum atomic E-state index is 13.3. The molecule has 2 saturated heterocycles. The molecule has 0 aromatic heterocycles. The summed E-state index contributed by atoms with van der Waals surface area (Å²) in [6, 6.07) is 6.28. The largest absolute Gasteiger partial charge is 0.317 e. The number of carbonyl (C=O) groups is 1. The maximum absolute atomic E-state index is 13.3.